The Bertz CT molecular complexity index is 870. The molecule has 0 aliphatic carbocycles. The number of nitrogens with two attached hydrogens (primary N) is 2. The molecular weight excluding hydrogens is 334 g/mol. The molecule has 3 heterocycles. The lowest BCUT2D eigenvalue weighted by Crippen LogP contribution is -2.23. The molecule has 3 aromatic heterocycles. The fraction of sp³-hybridized carbons (Fsp3) is 0.235. The Morgan fingerprint density at radius 1 is 1.28 bits per heavy atom. The number of aromatic nitrogens is 3. The van der Waals surface area contributed by atoms with E-state index in [1.807, 2.05) is 34.8 Å². The first-order chi connectivity index (χ1) is 12.2. The van der Waals surface area contributed by atoms with Crippen LogP contribution in [-0.2, 0) is 0 Å². The van der Waals surface area contributed by atoms with Crippen LogP contribution < -0.4 is 17.1 Å². The van der Waals surface area contributed by atoms with Gasteiger partial charge in [-0.3, -0.25) is 9.55 Å². The Kier molecular flexibility index (Phi) is 5.52. The Morgan fingerprint density at radius 3 is 2.88 bits per heavy atom. The number of nitrogens with one attached hydrogen (secondary N) is 1. The van der Waals surface area contributed by atoms with Crippen molar-refractivity contribution in [3.63, 3.8) is 0 Å². The zero-order valence-corrected chi connectivity index (χ0v) is 14.8. The van der Waals surface area contributed by atoms with E-state index in [2.05, 4.69) is 39.7 Å². The minimum Gasteiger partial charge on any atom is -0.380 e. The molecule has 0 aliphatic heterocycles. The molecule has 0 aliphatic rings. The first kappa shape index (κ1) is 17.2. The van der Waals surface area contributed by atoms with Crippen molar-refractivity contribution >= 4 is 28.6 Å². The maximum Gasteiger partial charge on any atom is 0.170 e. The van der Waals surface area contributed by atoms with Crippen molar-refractivity contribution in [3.8, 4) is 5.69 Å². The number of unbranched alkanes of at least 4 members (excludes halogenated alkanes) is 1. The van der Waals surface area contributed by atoms with Gasteiger partial charge in [-0.15, -0.1) is 16.9 Å². The standard InChI is InChI=1S/C17H21N7S/c1-2-3-8-25-14-9-12-6-7-24(17(12)21-11-14)13-4-5-15(20-10-13)16(18)22-23-19/h4-7,9-11,23H,2-3,8,19H2,1H3,(H2,18,22). The van der Waals surface area contributed by atoms with E-state index in [0.29, 0.717) is 5.69 Å². The van der Waals surface area contributed by atoms with Crippen molar-refractivity contribution in [3.05, 3.63) is 48.5 Å². The maximum atomic E-state index is 5.75. The Balaban J connectivity index is 1.85. The van der Waals surface area contributed by atoms with Crippen LogP contribution in [0.25, 0.3) is 16.7 Å². The van der Waals surface area contributed by atoms with Crippen LogP contribution in [0.1, 0.15) is 25.5 Å². The number of nitrogens with zero attached hydrogens (tertiary/aromatic N) is 4. The lowest BCUT2D eigenvalue weighted by molar-refractivity contribution is 0.802. The summed E-state index contributed by atoms with van der Waals surface area (Å²) in [6.45, 7) is 2.20. The quantitative estimate of drug-likeness (QED) is 0.150. The molecule has 25 heavy (non-hydrogen) atoms. The Labute approximate surface area is 150 Å². The zero-order chi connectivity index (χ0) is 17.6. The average Bonchev–Trinajstić information content (AvgIpc) is 3.05. The van der Waals surface area contributed by atoms with Gasteiger partial charge in [0.15, 0.2) is 5.84 Å². The van der Waals surface area contributed by atoms with Gasteiger partial charge in [0.1, 0.15) is 11.3 Å². The van der Waals surface area contributed by atoms with E-state index in [4.69, 9.17) is 11.6 Å². The van der Waals surface area contributed by atoms with Gasteiger partial charge in [-0.25, -0.2) is 16.4 Å². The molecule has 0 spiro atoms. The molecule has 5 N–H and O–H groups in total. The van der Waals surface area contributed by atoms with Gasteiger partial charge >= 0.3 is 0 Å². The molecule has 0 atom stereocenters. The second kappa shape index (κ2) is 8.00. The largest absolute Gasteiger partial charge is 0.380 e. The second-order valence-corrected chi connectivity index (χ2v) is 6.67. The first-order valence-electron chi connectivity index (χ1n) is 8.08. The van der Waals surface area contributed by atoms with E-state index in [1.165, 1.54) is 17.7 Å². The van der Waals surface area contributed by atoms with Crippen LogP contribution in [-0.4, -0.2) is 26.1 Å². The van der Waals surface area contributed by atoms with E-state index < -0.39 is 0 Å². The maximum absolute atomic E-state index is 5.75. The summed E-state index contributed by atoms with van der Waals surface area (Å²) in [5.74, 6) is 6.48. The lowest BCUT2D eigenvalue weighted by Gasteiger charge is -2.06. The van der Waals surface area contributed by atoms with E-state index in [-0.39, 0.29) is 5.84 Å². The summed E-state index contributed by atoms with van der Waals surface area (Å²) in [5, 5.41) is 4.83. The monoisotopic (exact) mass is 355 g/mol. The third-order valence-corrected chi connectivity index (χ3v) is 4.79. The summed E-state index contributed by atoms with van der Waals surface area (Å²) < 4.78 is 2.00. The predicted octanol–water partition coefficient (Wildman–Crippen LogP) is 2.40. The van der Waals surface area contributed by atoms with E-state index in [9.17, 15) is 0 Å². The Hall–Kier alpha value is -2.58. The number of hydrazone groups is 1. The topological polar surface area (TPSA) is 107 Å². The smallest absolute Gasteiger partial charge is 0.170 e. The normalized spacial score (nSPS) is 11.8. The number of pyridine rings is 2. The number of rotatable bonds is 7. The number of hydrazine groups is 1. The highest BCUT2D eigenvalue weighted by molar-refractivity contribution is 7.99. The van der Waals surface area contributed by atoms with Crippen molar-refractivity contribution in [1.82, 2.24) is 20.1 Å². The van der Waals surface area contributed by atoms with Crippen molar-refractivity contribution in [2.24, 2.45) is 16.7 Å². The van der Waals surface area contributed by atoms with Gasteiger partial charge in [0.2, 0.25) is 0 Å². The fourth-order valence-electron chi connectivity index (χ4n) is 2.43. The van der Waals surface area contributed by atoms with Gasteiger partial charge in [0.25, 0.3) is 0 Å². The molecule has 8 heteroatoms. The third-order valence-electron chi connectivity index (χ3n) is 3.74. The minimum atomic E-state index is 0.235. The molecule has 0 aromatic carbocycles. The van der Waals surface area contributed by atoms with Crippen molar-refractivity contribution < 1.29 is 0 Å². The van der Waals surface area contributed by atoms with Gasteiger partial charge in [-0.1, -0.05) is 13.3 Å². The van der Waals surface area contributed by atoms with Gasteiger partial charge in [-0.2, -0.15) is 0 Å². The summed E-state index contributed by atoms with van der Waals surface area (Å²) in [6.07, 6.45) is 8.08. The van der Waals surface area contributed by atoms with Gasteiger partial charge in [-0.05, 0) is 36.4 Å². The number of thioether (sulfide) groups is 1. The molecule has 3 rings (SSSR count). The fourth-order valence-corrected chi connectivity index (χ4v) is 3.44. The molecule has 130 valence electrons. The summed E-state index contributed by atoms with van der Waals surface area (Å²) in [4.78, 5) is 10.1. The molecule has 3 aromatic rings. The number of fused-ring (bicyclic) bond motifs is 1. The molecule has 0 saturated carbocycles. The van der Waals surface area contributed by atoms with Crippen LogP contribution in [0.5, 0.6) is 0 Å². The highest BCUT2D eigenvalue weighted by atomic mass is 32.2. The lowest BCUT2D eigenvalue weighted by atomic mass is 10.3. The zero-order valence-electron chi connectivity index (χ0n) is 14.0. The van der Waals surface area contributed by atoms with Crippen molar-refractivity contribution in [2.75, 3.05) is 5.75 Å². The average molecular weight is 355 g/mol. The van der Waals surface area contributed by atoms with Crippen molar-refractivity contribution in [1.29, 1.82) is 0 Å². The van der Waals surface area contributed by atoms with Gasteiger partial charge in [0.05, 0.1) is 11.9 Å². The van der Waals surface area contributed by atoms with Crippen LogP contribution in [0.2, 0.25) is 0 Å². The molecule has 0 radical (unpaired) electrons. The molecule has 0 saturated heterocycles. The molecular formula is C17H21N7S. The predicted molar refractivity (Wildman–Crippen MR) is 103 cm³/mol. The highest BCUT2D eigenvalue weighted by Crippen LogP contribution is 2.25. The summed E-state index contributed by atoms with van der Waals surface area (Å²) >= 11 is 1.85. The van der Waals surface area contributed by atoms with Crippen LogP contribution in [0.3, 0.4) is 0 Å². The number of hydrogen-bond donors (Lipinski definition) is 3. The Morgan fingerprint density at radius 2 is 2.16 bits per heavy atom. The van der Waals surface area contributed by atoms with Crippen LogP contribution >= 0.6 is 11.8 Å². The molecule has 0 unspecified atom stereocenters. The molecule has 0 bridgehead atoms. The minimum absolute atomic E-state index is 0.235. The molecule has 0 fully saturated rings. The van der Waals surface area contributed by atoms with E-state index in [0.717, 1.165) is 22.5 Å². The summed E-state index contributed by atoms with van der Waals surface area (Å²) in [7, 11) is 0. The highest BCUT2D eigenvalue weighted by Gasteiger charge is 2.07. The van der Waals surface area contributed by atoms with Crippen LogP contribution in [0, 0.1) is 0 Å². The number of amidine groups is 1. The van der Waals surface area contributed by atoms with E-state index >= 15 is 0 Å². The van der Waals surface area contributed by atoms with Gasteiger partial charge in [0, 0.05) is 22.7 Å². The second-order valence-electron chi connectivity index (χ2n) is 5.50. The SMILES string of the molecule is CCCCSc1cnc2c(ccn2-c2ccc(/C(N)=N/NN)nc2)c1. The van der Waals surface area contributed by atoms with Crippen LogP contribution in [0.15, 0.2) is 52.9 Å². The molecule has 7 nitrogen and oxygen atoms in total. The third kappa shape index (κ3) is 3.92. The van der Waals surface area contributed by atoms with E-state index in [1.54, 1.807) is 12.3 Å². The molecule has 0 amide bonds. The number of hydrogen-bond acceptors (Lipinski definition) is 6. The first-order valence-corrected chi connectivity index (χ1v) is 9.07. The van der Waals surface area contributed by atoms with Gasteiger partial charge < -0.3 is 5.73 Å². The van der Waals surface area contributed by atoms with Crippen LogP contribution in [0.4, 0.5) is 0 Å². The van der Waals surface area contributed by atoms with Crippen molar-refractivity contribution in [2.45, 2.75) is 24.7 Å². The summed E-state index contributed by atoms with van der Waals surface area (Å²) in [6, 6.07) is 7.96. The summed E-state index contributed by atoms with van der Waals surface area (Å²) in [5.41, 5.74) is 10.3.